The zero-order valence-electron chi connectivity index (χ0n) is 8.07. The molecule has 0 bridgehead atoms. The first-order valence-corrected chi connectivity index (χ1v) is 5.46. The largest absolute Gasteiger partial charge is 0.258 e. The van der Waals surface area contributed by atoms with E-state index >= 15 is 0 Å². The minimum Gasteiger partial charge on any atom is -0.258 e. The van der Waals surface area contributed by atoms with E-state index in [9.17, 15) is 0 Å². The molecule has 12 heavy (non-hydrogen) atoms. The average molecular weight is 170 g/mol. The molecule has 1 rings (SSSR count). The van der Waals surface area contributed by atoms with Gasteiger partial charge in [-0.05, 0) is 12.8 Å². The third-order valence-electron chi connectivity index (χ3n) is 2.48. The molecule has 0 aromatic rings. The molecule has 1 heterocycles. The lowest BCUT2D eigenvalue weighted by Gasteiger charge is -2.08. The molecule has 1 fully saturated rings. The highest BCUT2D eigenvalue weighted by Gasteiger charge is 1.94. The van der Waals surface area contributed by atoms with E-state index in [4.69, 9.17) is 0 Å². The van der Waals surface area contributed by atoms with Crippen LogP contribution >= 0.6 is 0 Å². The molecule has 0 spiro atoms. The van der Waals surface area contributed by atoms with Crippen LogP contribution in [0.15, 0.2) is 0 Å². The predicted octanol–water partition coefficient (Wildman–Crippen LogP) is 2.21. The summed E-state index contributed by atoms with van der Waals surface area (Å²) in [5.41, 5.74) is 6.51. The van der Waals surface area contributed by atoms with Crippen molar-refractivity contribution >= 4 is 0 Å². The van der Waals surface area contributed by atoms with Gasteiger partial charge in [-0.2, -0.15) is 0 Å². The molecule has 0 amide bonds. The van der Waals surface area contributed by atoms with Gasteiger partial charge in [-0.1, -0.05) is 38.5 Å². The first kappa shape index (κ1) is 10.0. The lowest BCUT2D eigenvalue weighted by atomic mass is 10.1. The quantitative estimate of drug-likeness (QED) is 0.582. The first-order chi connectivity index (χ1) is 6.00. The third-order valence-corrected chi connectivity index (χ3v) is 2.48. The number of hydrazine groups is 1. The second kappa shape index (κ2) is 7.56. The van der Waals surface area contributed by atoms with Crippen LogP contribution in [0.2, 0.25) is 0 Å². The number of rotatable bonds is 0. The van der Waals surface area contributed by atoms with E-state index in [0.717, 1.165) is 13.1 Å². The molecule has 0 radical (unpaired) electrons. The van der Waals surface area contributed by atoms with Gasteiger partial charge in [-0.15, -0.1) is 0 Å². The van der Waals surface area contributed by atoms with E-state index < -0.39 is 0 Å². The SMILES string of the molecule is C1CCCCCNNCCCC1. The highest BCUT2D eigenvalue weighted by atomic mass is 15.3. The second-order valence-electron chi connectivity index (χ2n) is 3.68. The summed E-state index contributed by atoms with van der Waals surface area (Å²) in [6, 6.07) is 0. The number of hydrogen-bond donors (Lipinski definition) is 2. The third kappa shape index (κ3) is 5.56. The molecule has 0 saturated carbocycles. The maximum absolute atomic E-state index is 3.25. The molecule has 0 atom stereocenters. The Hall–Kier alpha value is -0.0800. The van der Waals surface area contributed by atoms with Crippen molar-refractivity contribution in [3.63, 3.8) is 0 Å². The van der Waals surface area contributed by atoms with Crippen LogP contribution in [0.1, 0.15) is 51.4 Å². The van der Waals surface area contributed by atoms with Gasteiger partial charge in [-0.3, -0.25) is 10.9 Å². The van der Waals surface area contributed by atoms with Crippen LogP contribution in [0.25, 0.3) is 0 Å². The van der Waals surface area contributed by atoms with Crippen LogP contribution in [0.5, 0.6) is 0 Å². The van der Waals surface area contributed by atoms with E-state index in [-0.39, 0.29) is 0 Å². The van der Waals surface area contributed by atoms with Gasteiger partial charge in [0.25, 0.3) is 0 Å². The average Bonchev–Trinajstić information content (AvgIpc) is 2.05. The van der Waals surface area contributed by atoms with Gasteiger partial charge < -0.3 is 0 Å². The summed E-state index contributed by atoms with van der Waals surface area (Å²) in [5, 5.41) is 0. The molecule has 0 aromatic carbocycles. The molecule has 0 aromatic heterocycles. The molecular formula is C10H22N2. The topological polar surface area (TPSA) is 24.1 Å². The van der Waals surface area contributed by atoms with E-state index in [1.807, 2.05) is 0 Å². The zero-order valence-corrected chi connectivity index (χ0v) is 8.07. The summed E-state index contributed by atoms with van der Waals surface area (Å²) < 4.78 is 0. The Labute approximate surface area is 76.1 Å². The van der Waals surface area contributed by atoms with Gasteiger partial charge in [0.1, 0.15) is 0 Å². The number of nitrogens with one attached hydrogen (secondary N) is 2. The van der Waals surface area contributed by atoms with Crippen molar-refractivity contribution in [2.75, 3.05) is 13.1 Å². The summed E-state index contributed by atoms with van der Waals surface area (Å²) in [5.74, 6) is 0. The monoisotopic (exact) mass is 170 g/mol. The Morgan fingerprint density at radius 3 is 1.17 bits per heavy atom. The van der Waals surface area contributed by atoms with Crippen LogP contribution in [0.3, 0.4) is 0 Å². The van der Waals surface area contributed by atoms with Crippen molar-refractivity contribution in [3.8, 4) is 0 Å². The fourth-order valence-electron chi connectivity index (χ4n) is 1.66. The van der Waals surface area contributed by atoms with Crippen LogP contribution < -0.4 is 10.9 Å². The lowest BCUT2D eigenvalue weighted by Crippen LogP contribution is -2.33. The van der Waals surface area contributed by atoms with Gasteiger partial charge in [0.2, 0.25) is 0 Å². The molecule has 1 aliphatic rings. The van der Waals surface area contributed by atoms with Crippen LogP contribution in [-0.4, -0.2) is 13.1 Å². The van der Waals surface area contributed by atoms with Crippen LogP contribution in [0, 0.1) is 0 Å². The minimum atomic E-state index is 1.14. The molecule has 0 unspecified atom stereocenters. The van der Waals surface area contributed by atoms with Gasteiger partial charge >= 0.3 is 0 Å². The summed E-state index contributed by atoms with van der Waals surface area (Å²) >= 11 is 0. The Bertz CT molecular complexity index is 50.8. The normalized spacial score (nSPS) is 24.0. The Kier molecular flexibility index (Phi) is 6.30. The molecule has 2 heteroatoms. The summed E-state index contributed by atoms with van der Waals surface area (Å²) in [6.07, 6.45) is 11.2. The van der Waals surface area contributed by atoms with Crippen LogP contribution in [-0.2, 0) is 0 Å². The first-order valence-electron chi connectivity index (χ1n) is 5.46. The fraction of sp³-hybridized carbons (Fsp3) is 1.00. The Morgan fingerprint density at radius 2 is 0.750 bits per heavy atom. The van der Waals surface area contributed by atoms with Crippen molar-refractivity contribution in [1.82, 2.24) is 10.9 Å². The molecule has 72 valence electrons. The van der Waals surface area contributed by atoms with Crippen molar-refractivity contribution < 1.29 is 0 Å². The van der Waals surface area contributed by atoms with Crippen LogP contribution in [0.4, 0.5) is 0 Å². The van der Waals surface area contributed by atoms with E-state index in [2.05, 4.69) is 10.9 Å². The molecule has 1 aliphatic heterocycles. The van der Waals surface area contributed by atoms with Crippen molar-refractivity contribution in [2.45, 2.75) is 51.4 Å². The van der Waals surface area contributed by atoms with E-state index in [1.54, 1.807) is 0 Å². The van der Waals surface area contributed by atoms with E-state index in [0.29, 0.717) is 0 Å². The van der Waals surface area contributed by atoms with Crippen molar-refractivity contribution in [2.24, 2.45) is 0 Å². The van der Waals surface area contributed by atoms with Crippen molar-refractivity contribution in [3.05, 3.63) is 0 Å². The van der Waals surface area contributed by atoms with Gasteiger partial charge in [-0.25, -0.2) is 0 Å². The highest BCUT2D eigenvalue weighted by Crippen LogP contribution is 2.08. The maximum Gasteiger partial charge on any atom is 0.00997 e. The standard InChI is InChI=1S/C10H22N2/c1-2-4-6-8-10-12-11-9-7-5-3-1/h11-12H,1-10H2. The highest BCUT2D eigenvalue weighted by molar-refractivity contribution is 4.51. The minimum absolute atomic E-state index is 1.14. The second-order valence-corrected chi connectivity index (χ2v) is 3.68. The summed E-state index contributed by atoms with van der Waals surface area (Å²) in [6.45, 7) is 2.28. The Morgan fingerprint density at radius 1 is 0.417 bits per heavy atom. The number of hydrogen-bond acceptors (Lipinski definition) is 2. The molecule has 2 N–H and O–H groups in total. The van der Waals surface area contributed by atoms with Crippen molar-refractivity contribution in [1.29, 1.82) is 0 Å². The lowest BCUT2D eigenvalue weighted by molar-refractivity contribution is 0.465. The molecule has 0 aliphatic carbocycles. The zero-order chi connectivity index (χ0) is 8.49. The predicted molar refractivity (Wildman–Crippen MR) is 52.9 cm³/mol. The fourth-order valence-corrected chi connectivity index (χ4v) is 1.66. The van der Waals surface area contributed by atoms with Gasteiger partial charge in [0, 0.05) is 13.1 Å². The van der Waals surface area contributed by atoms with Gasteiger partial charge in [0.15, 0.2) is 0 Å². The summed E-state index contributed by atoms with van der Waals surface area (Å²) in [4.78, 5) is 0. The van der Waals surface area contributed by atoms with Gasteiger partial charge in [0.05, 0.1) is 0 Å². The van der Waals surface area contributed by atoms with E-state index in [1.165, 1.54) is 51.4 Å². The smallest absolute Gasteiger partial charge is 0.00997 e. The summed E-state index contributed by atoms with van der Waals surface area (Å²) in [7, 11) is 0. The Balaban J connectivity index is 2.00. The molecular weight excluding hydrogens is 148 g/mol. The molecule has 2 nitrogen and oxygen atoms in total. The maximum atomic E-state index is 3.25. The molecule has 1 saturated heterocycles.